The van der Waals surface area contributed by atoms with Crippen molar-refractivity contribution in [3.63, 3.8) is 0 Å². The number of carboxylic acids is 1. The second kappa shape index (κ2) is 5.12. The molecule has 4 nitrogen and oxygen atoms in total. The summed E-state index contributed by atoms with van der Waals surface area (Å²) in [6, 6.07) is 0.127. The van der Waals surface area contributed by atoms with Gasteiger partial charge in [-0.1, -0.05) is 6.08 Å². The molecule has 0 aromatic heterocycles. The lowest BCUT2D eigenvalue weighted by Gasteiger charge is -2.36. The van der Waals surface area contributed by atoms with Crippen molar-refractivity contribution in [1.29, 1.82) is 0 Å². The monoisotopic (exact) mass is 199 g/mol. The number of piperidine rings is 1. The van der Waals surface area contributed by atoms with Crippen molar-refractivity contribution in [2.75, 3.05) is 13.1 Å². The van der Waals surface area contributed by atoms with Gasteiger partial charge in [0.25, 0.3) is 0 Å². The SMILES string of the molecule is CC1C(O)CCCN1CC=CC(=O)O. The van der Waals surface area contributed by atoms with Gasteiger partial charge in [-0.2, -0.15) is 0 Å². The third kappa shape index (κ3) is 3.12. The predicted octanol–water partition coefficient (Wildman–Crippen LogP) is 0.472. The molecule has 14 heavy (non-hydrogen) atoms. The normalized spacial score (nSPS) is 29.6. The molecule has 1 saturated heterocycles. The maximum atomic E-state index is 10.2. The first-order valence-corrected chi connectivity index (χ1v) is 4.93. The van der Waals surface area contributed by atoms with E-state index in [1.807, 2.05) is 6.92 Å². The number of likely N-dealkylation sites (tertiary alicyclic amines) is 1. The number of aliphatic hydroxyl groups excluding tert-OH is 1. The Balaban J connectivity index is 2.39. The average Bonchev–Trinajstić information content (AvgIpc) is 2.12. The Morgan fingerprint density at radius 3 is 3.00 bits per heavy atom. The Labute approximate surface area is 83.8 Å². The molecular formula is C10H17NO3. The maximum absolute atomic E-state index is 10.2. The van der Waals surface area contributed by atoms with Crippen LogP contribution >= 0.6 is 0 Å². The number of hydrogen-bond acceptors (Lipinski definition) is 3. The molecule has 2 N–H and O–H groups in total. The zero-order valence-corrected chi connectivity index (χ0v) is 8.39. The number of carbonyl (C=O) groups is 1. The van der Waals surface area contributed by atoms with Crippen LogP contribution < -0.4 is 0 Å². The summed E-state index contributed by atoms with van der Waals surface area (Å²) >= 11 is 0. The second-order valence-corrected chi connectivity index (χ2v) is 3.69. The van der Waals surface area contributed by atoms with Gasteiger partial charge in [0.1, 0.15) is 0 Å². The van der Waals surface area contributed by atoms with Crippen LogP contribution in [0.2, 0.25) is 0 Å². The first-order chi connectivity index (χ1) is 6.61. The van der Waals surface area contributed by atoms with Crippen LogP contribution in [0.1, 0.15) is 19.8 Å². The number of carboxylic acid groups (broad SMARTS) is 1. The third-order valence-corrected chi connectivity index (χ3v) is 2.68. The Morgan fingerprint density at radius 2 is 2.36 bits per heavy atom. The predicted molar refractivity (Wildman–Crippen MR) is 53.1 cm³/mol. The highest BCUT2D eigenvalue weighted by molar-refractivity contribution is 5.79. The van der Waals surface area contributed by atoms with Gasteiger partial charge in [0.15, 0.2) is 0 Å². The van der Waals surface area contributed by atoms with Gasteiger partial charge >= 0.3 is 5.97 Å². The second-order valence-electron chi connectivity index (χ2n) is 3.69. The standard InChI is InChI=1S/C10H17NO3/c1-8-9(12)4-2-6-11(8)7-3-5-10(13)14/h3,5,8-9,12H,2,4,6-7H2,1H3,(H,13,14). The molecule has 0 aromatic rings. The lowest BCUT2D eigenvalue weighted by atomic mass is 10.0. The van der Waals surface area contributed by atoms with Crippen LogP contribution in [-0.2, 0) is 4.79 Å². The summed E-state index contributed by atoms with van der Waals surface area (Å²) in [5.41, 5.74) is 0. The molecule has 0 radical (unpaired) electrons. The Hall–Kier alpha value is -0.870. The van der Waals surface area contributed by atoms with Gasteiger partial charge in [-0.3, -0.25) is 4.90 Å². The average molecular weight is 199 g/mol. The van der Waals surface area contributed by atoms with Crippen LogP contribution in [0.5, 0.6) is 0 Å². The highest BCUT2D eigenvalue weighted by Gasteiger charge is 2.24. The fourth-order valence-corrected chi connectivity index (χ4v) is 1.74. The van der Waals surface area contributed by atoms with E-state index in [4.69, 9.17) is 5.11 Å². The van der Waals surface area contributed by atoms with Crippen molar-refractivity contribution in [2.24, 2.45) is 0 Å². The molecule has 0 saturated carbocycles. The molecule has 0 aromatic carbocycles. The summed E-state index contributed by atoms with van der Waals surface area (Å²) in [6.45, 7) is 3.51. The van der Waals surface area contributed by atoms with Crippen LogP contribution in [0.25, 0.3) is 0 Å². The molecule has 1 fully saturated rings. The summed E-state index contributed by atoms with van der Waals surface area (Å²) in [4.78, 5) is 12.3. The molecule has 4 heteroatoms. The van der Waals surface area contributed by atoms with Crippen molar-refractivity contribution >= 4 is 5.97 Å². The molecule has 2 unspecified atom stereocenters. The van der Waals surface area contributed by atoms with Gasteiger partial charge in [-0.15, -0.1) is 0 Å². The minimum Gasteiger partial charge on any atom is -0.478 e. The van der Waals surface area contributed by atoms with E-state index in [0.717, 1.165) is 25.5 Å². The molecule has 1 heterocycles. The third-order valence-electron chi connectivity index (χ3n) is 2.68. The van der Waals surface area contributed by atoms with Crippen LogP contribution in [0, 0.1) is 0 Å². The number of hydrogen-bond donors (Lipinski definition) is 2. The first kappa shape index (κ1) is 11.2. The Morgan fingerprint density at radius 1 is 1.64 bits per heavy atom. The van der Waals surface area contributed by atoms with Crippen LogP contribution in [0.3, 0.4) is 0 Å². The Kier molecular flexibility index (Phi) is 4.10. The van der Waals surface area contributed by atoms with Gasteiger partial charge in [0.2, 0.25) is 0 Å². The molecule has 80 valence electrons. The molecule has 0 amide bonds. The lowest BCUT2D eigenvalue weighted by Crippen LogP contribution is -2.46. The minimum atomic E-state index is -0.921. The minimum absolute atomic E-state index is 0.127. The van der Waals surface area contributed by atoms with E-state index in [0.29, 0.717) is 6.54 Å². The fraction of sp³-hybridized carbons (Fsp3) is 0.700. The summed E-state index contributed by atoms with van der Waals surface area (Å²) in [5.74, 6) is -0.921. The molecule has 0 aliphatic carbocycles. The number of rotatable bonds is 3. The van der Waals surface area contributed by atoms with E-state index in [1.54, 1.807) is 6.08 Å². The van der Waals surface area contributed by atoms with E-state index in [9.17, 15) is 9.90 Å². The van der Waals surface area contributed by atoms with E-state index in [-0.39, 0.29) is 12.1 Å². The summed E-state index contributed by atoms with van der Waals surface area (Å²) in [7, 11) is 0. The van der Waals surface area contributed by atoms with E-state index in [2.05, 4.69) is 4.90 Å². The topological polar surface area (TPSA) is 60.8 Å². The Bertz CT molecular complexity index is 227. The van der Waals surface area contributed by atoms with E-state index in [1.165, 1.54) is 0 Å². The van der Waals surface area contributed by atoms with E-state index >= 15 is 0 Å². The molecular weight excluding hydrogens is 182 g/mol. The maximum Gasteiger partial charge on any atom is 0.328 e. The molecule has 0 spiro atoms. The van der Waals surface area contributed by atoms with Gasteiger partial charge in [-0.05, 0) is 26.3 Å². The fourth-order valence-electron chi connectivity index (χ4n) is 1.74. The summed E-state index contributed by atoms with van der Waals surface area (Å²) in [6.07, 6.45) is 4.32. The smallest absolute Gasteiger partial charge is 0.328 e. The number of aliphatic carboxylic acids is 1. The van der Waals surface area contributed by atoms with Crippen LogP contribution in [0.4, 0.5) is 0 Å². The number of aliphatic hydroxyl groups is 1. The molecule has 1 aliphatic rings. The zero-order chi connectivity index (χ0) is 10.6. The lowest BCUT2D eigenvalue weighted by molar-refractivity contribution is -0.131. The van der Waals surface area contributed by atoms with Gasteiger partial charge < -0.3 is 10.2 Å². The van der Waals surface area contributed by atoms with Gasteiger partial charge in [-0.25, -0.2) is 4.79 Å². The highest BCUT2D eigenvalue weighted by atomic mass is 16.4. The quantitative estimate of drug-likeness (QED) is 0.649. The van der Waals surface area contributed by atoms with Crippen molar-refractivity contribution in [1.82, 2.24) is 4.90 Å². The molecule has 1 rings (SSSR count). The summed E-state index contributed by atoms with van der Waals surface area (Å²) < 4.78 is 0. The van der Waals surface area contributed by atoms with E-state index < -0.39 is 5.97 Å². The van der Waals surface area contributed by atoms with Gasteiger partial charge in [0, 0.05) is 18.7 Å². The van der Waals surface area contributed by atoms with Crippen molar-refractivity contribution in [3.05, 3.63) is 12.2 Å². The van der Waals surface area contributed by atoms with Crippen LogP contribution in [-0.4, -0.2) is 46.3 Å². The van der Waals surface area contributed by atoms with Crippen molar-refractivity contribution in [3.8, 4) is 0 Å². The van der Waals surface area contributed by atoms with Crippen LogP contribution in [0.15, 0.2) is 12.2 Å². The van der Waals surface area contributed by atoms with Crippen molar-refractivity contribution < 1.29 is 15.0 Å². The summed E-state index contributed by atoms with van der Waals surface area (Å²) in [5, 5.41) is 18.0. The molecule has 1 aliphatic heterocycles. The highest BCUT2D eigenvalue weighted by Crippen LogP contribution is 2.16. The van der Waals surface area contributed by atoms with Crippen molar-refractivity contribution in [2.45, 2.75) is 31.9 Å². The molecule has 0 bridgehead atoms. The first-order valence-electron chi connectivity index (χ1n) is 4.93. The molecule has 2 atom stereocenters. The van der Waals surface area contributed by atoms with Gasteiger partial charge in [0.05, 0.1) is 6.10 Å². The number of nitrogens with zero attached hydrogens (tertiary/aromatic N) is 1. The largest absolute Gasteiger partial charge is 0.478 e. The zero-order valence-electron chi connectivity index (χ0n) is 8.39.